The van der Waals surface area contributed by atoms with Crippen molar-refractivity contribution in [2.24, 2.45) is 0 Å². The van der Waals surface area contributed by atoms with E-state index < -0.39 is 6.10 Å². The van der Waals surface area contributed by atoms with Gasteiger partial charge in [-0.25, -0.2) is 0 Å². The third-order valence-electron chi connectivity index (χ3n) is 10.9. The molecule has 0 fully saturated rings. The molecule has 1 unspecified atom stereocenters. The van der Waals surface area contributed by atoms with Crippen molar-refractivity contribution < 1.29 is 28.6 Å². The molecule has 0 saturated carbocycles. The second kappa shape index (κ2) is 46.6. The maximum atomic E-state index is 12.7. The molecule has 0 rings (SSSR count). The predicted octanol–water partition coefficient (Wildman–Crippen LogP) is 16.0. The van der Waals surface area contributed by atoms with Crippen molar-refractivity contribution in [3.63, 3.8) is 0 Å². The molecule has 0 bridgehead atoms. The highest BCUT2D eigenvalue weighted by molar-refractivity contribution is 5.71. The SMILES string of the molecule is CCCCCCCCC=CCCCCCCCC(=O)OCC(COC(=O)CCCCCCCCCCC)OC(=O)CCCCCCCC=CCCCCCCCC. The number of ether oxygens (including phenoxy) is 3. The highest BCUT2D eigenvalue weighted by atomic mass is 16.6. The zero-order chi connectivity index (χ0) is 41.5. The third-order valence-corrected chi connectivity index (χ3v) is 10.9. The van der Waals surface area contributed by atoms with Gasteiger partial charge in [-0.1, -0.05) is 199 Å². The van der Waals surface area contributed by atoms with Crippen molar-refractivity contribution >= 4 is 17.9 Å². The lowest BCUT2D eigenvalue weighted by atomic mass is 10.1. The van der Waals surface area contributed by atoms with Crippen LogP contribution in [0, 0.1) is 0 Å². The lowest BCUT2D eigenvalue weighted by molar-refractivity contribution is -0.167. The van der Waals surface area contributed by atoms with Crippen molar-refractivity contribution in [3.05, 3.63) is 24.3 Å². The Labute approximate surface area is 353 Å². The largest absolute Gasteiger partial charge is 0.462 e. The van der Waals surface area contributed by atoms with E-state index in [1.54, 1.807) is 0 Å². The molecule has 6 heteroatoms. The summed E-state index contributed by atoms with van der Waals surface area (Å²) in [7, 11) is 0. The lowest BCUT2D eigenvalue weighted by Crippen LogP contribution is -2.30. The first-order valence-corrected chi connectivity index (χ1v) is 24.8. The fraction of sp³-hybridized carbons (Fsp3) is 0.863. The first kappa shape index (κ1) is 54.9. The van der Waals surface area contributed by atoms with Gasteiger partial charge in [0.15, 0.2) is 6.10 Å². The van der Waals surface area contributed by atoms with Crippen molar-refractivity contribution in [1.29, 1.82) is 0 Å². The Bertz CT molecular complexity index is 927. The summed E-state index contributed by atoms with van der Waals surface area (Å²) >= 11 is 0. The van der Waals surface area contributed by atoms with Crippen molar-refractivity contribution in [3.8, 4) is 0 Å². The number of carbonyl (C=O) groups excluding carboxylic acids is 3. The van der Waals surface area contributed by atoms with E-state index in [1.165, 1.54) is 154 Å². The fourth-order valence-corrected chi connectivity index (χ4v) is 7.14. The van der Waals surface area contributed by atoms with E-state index in [0.29, 0.717) is 19.3 Å². The zero-order valence-corrected chi connectivity index (χ0v) is 38.1. The summed E-state index contributed by atoms with van der Waals surface area (Å²) in [6, 6.07) is 0. The lowest BCUT2D eigenvalue weighted by Gasteiger charge is -2.18. The van der Waals surface area contributed by atoms with E-state index in [4.69, 9.17) is 14.2 Å². The Hall–Kier alpha value is -2.11. The monoisotopic (exact) mass is 803 g/mol. The van der Waals surface area contributed by atoms with Gasteiger partial charge in [0.1, 0.15) is 13.2 Å². The first-order chi connectivity index (χ1) is 28.0. The number of hydrogen-bond donors (Lipinski definition) is 0. The van der Waals surface area contributed by atoms with E-state index in [2.05, 4.69) is 45.1 Å². The van der Waals surface area contributed by atoms with Gasteiger partial charge in [-0.05, 0) is 70.6 Å². The molecule has 0 N–H and O–H groups in total. The maximum absolute atomic E-state index is 12.7. The van der Waals surface area contributed by atoms with E-state index in [-0.39, 0.29) is 31.1 Å². The summed E-state index contributed by atoms with van der Waals surface area (Å²) in [6.45, 7) is 6.61. The smallest absolute Gasteiger partial charge is 0.306 e. The van der Waals surface area contributed by atoms with Gasteiger partial charge in [0.05, 0.1) is 0 Å². The maximum Gasteiger partial charge on any atom is 0.306 e. The normalized spacial score (nSPS) is 12.1. The molecule has 0 amide bonds. The Morgan fingerprint density at radius 3 is 0.877 bits per heavy atom. The molecule has 0 radical (unpaired) electrons. The number of rotatable bonds is 45. The number of allylic oxidation sites excluding steroid dienone is 4. The number of carbonyl (C=O) groups is 3. The summed E-state index contributed by atoms with van der Waals surface area (Å²) in [5.41, 5.74) is 0. The van der Waals surface area contributed by atoms with Crippen LogP contribution in [0.1, 0.15) is 265 Å². The van der Waals surface area contributed by atoms with Crippen LogP contribution in [0.25, 0.3) is 0 Å². The van der Waals surface area contributed by atoms with Crippen LogP contribution in [0.2, 0.25) is 0 Å². The molecular weight excluding hydrogens is 709 g/mol. The van der Waals surface area contributed by atoms with Gasteiger partial charge in [-0.2, -0.15) is 0 Å². The Kier molecular flexibility index (Phi) is 44.9. The molecule has 0 spiro atoms. The minimum Gasteiger partial charge on any atom is -0.462 e. The quantitative estimate of drug-likeness (QED) is 0.0264. The molecule has 334 valence electrons. The topological polar surface area (TPSA) is 78.9 Å². The van der Waals surface area contributed by atoms with E-state index >= 15 is 0 Å². The predicted molar refractivity (Wildman–Crippen MR) is 243 cm³/mol. The molecule has 0 heterocycles. The average molecular weight is 803 g/mol. The standard InChI is InChI=1S/C51H94O6/c1-4-7-10-13-16-19-21-23-25-27-29-32-35-38-41-44-50(53)56-47-48(46-55-49(52)43-40-37-34-31-18-15-12-9-6-3)57-51(54)45-42-39-36-33-30-28-26-24-22-20-17-14-11-8-5-2/h23-26,48H,4-22,27-47H2,1-3H3. The summed E-state index contributed by atoms with van der Waals surface area (Å²) in [5, 5.41) is 0. The van der Waals surface area contributed by atoms with Crippen LogP contribution in [0.15, 0.2) is 24.3 Å². The highest BCUT2D eigenvalue weighted by Crippen LogP contribution is 2.14. The van der Waals surface area contributed by atoms with Gasteiger partial charge in [0.25, 0.3) is 0 Å². The Morgan fingerprint density at radius 1 is 0.333 bits per heavy atom. The van der Waals surface area contributed by atoms with Crippen molar-refractivity contribution in [1.82, 2.24) is 0 Å². The summed E-state index contributed by atoms with van der Waals surface area (Å²) in [4.78, 5) is 37.8. The van der Waals surface area contributed by atoms with Crippen LogP contribution >= 0.6 is 0 Å². The minimum atomic E-state index is -0.772. The molecule has 0 aliphatic heterocycles. The molecule has 0 saturated heterocycles. The van der Waals surface area contributed by atoms with Crippen LogP contribution in [0.4, 0.5) is 0 Å². The van der Waals surface area contributed by atoms with Crippen molar-refractivity contribution in [2.75, 3.05) is 13.2 Å². The molecule has 6 nitrogen and oxygen atoms in total. The fourth-order valence-electron chi connectivity index (χ4n) is 7.14. The van der Waals surface area contributed by atoms with Gasteiger partial charge in [-0.15, -0.1) is 0 Å². The van der Waals surface area contributed by atoms with Crippen molar-refractivity contribution in [2.45, 2.75) is 271 Å². The van der Waals surface area contributed by atoms with Crippen LogP contribution in [-0.2, 0) is 28.6 Å². The number of unbranched alkanes of at least 4 members (excludes halogenated alkanes) is 30. The average Bonchev–Trinajstić information content (AvgIpc) is 3.21. The van der Waals surface area contributed by atoms with Crippen LogP contribution in [0.5, 0.6) is 0 Å². The third kappa shape index (κ3) is 44.8. The van der Waals surface area contributed by atoms with Gasteiger partial charge in [0.2, 0.25) is 0 Å². The van der Waals surface area contributed by atoms with Gasteiger partial charge in [-0.3, -0.25) is 14.4 Å². The molecule has 0 aromatic rings. The molecule has 57 heavy (non-hydrogen) atoms. The van der Waals surface area contributed by atoms with Gasteiger partial charge in [0, 0.05) is 19.3 Å². The Balaban J connectivity index is 4.34. The van der Waals surface area contributed by atoms with Crippen LogP contribution in [-0.4, -0.2) is 37.2 Å². The summed E-state index contributed by atoms with van der Waals surface area (Å²) < 4.78 is 16.7. The minimum absolute atomic E-state index is 0.0743. The van der Waals surface area contributed by atoms with E-state index in [1.807, 2.05) is 0 Å². The van der Waals surface area contributed by atoms with Crippen LogP contribution in [0.3, 0.4) is 0 Å². The van der Waals surface area contributed by atoms with Gasteiger partial charge < -0.3 is 14.2 Å². The van der Waals surface area contributed by atoms with Crippen LogP contribution < -0.4 is 0 Å². The first-order valence-electron chi connectivity index (χ1n) is 24.8. The second-order valence-corrected chi connectivity index (χ2v) is 16.7. The van der Waals surface area contributed by atoms with E-state index in [9.17, 15) is 14.4 Å². The van der Waals surface area contributed by atoms with Gasteiger partial charge >= 0.3 is 17.9 Å². The molecule has 0 aliphatic carbocycles. The molecule has 1 atom stereocenters. The molecular formula is C51H94O6. The molecule has 0 aliphatic rings. The second-order valence-electron chi connectivity index (χ2n) is 16.7. The number of hydrogen-bond acceptors (Lipinski definition) is 6. The zero-order valence-electron chi connectivity index (χ0n) is 38.1. The molecule has 0 aromatic heterocycles. The highest BCUT2D eigenvalue weighted by Gasteiger charge is 2.19. The van der Waals surface area contributed by atoms with E-state index in [0.717, 1.165) is 70.6 Å². The summed E-state index contributed by atoms with van der Waals surface area (Å²) in [5.74, 6) is -0.885. The number of esters is 3. The molecule has 0 aromatic carbocycles. The summed E-state index contributed by atoms with van der Waals surface area (Å²) in [6.07, 6.45) is 51.6. The Morgan fingerprint density at radius 2 is 0.579 bits per heavy atom.